The highest BCUT2D eigenvalue weighted by Gasteiger charge is 2.39. The third kappa shape index (κ3) is 3.67. The van der Waals surface area contributed by atoms with Crippen molar-refractivity contribution in [2.45, 2.75) is 43.8 Å². The van der Waals surface area contributed by atoms with Crippen molar-refractivity contribution in [3.05, 3.63) is 42.0 Å². The molecular weight excluding hydrogens is 327 g/mol. The molecule has 3 nitrogen and oxygen atoms in total. The normalized spacial score (nSPS) is 14.4. The fraction of sp³-hybridized carbons (Fsp3) is 0.375. The highest BCUT2D eigenvalue weighted by Crippen LogP contribution is 2.31. The zero-order valence-electron chi connectivity index (χ0n) is 13.0. The van der Waals surface area contributed by atoms with Crippen LogP contribution in [0.3, 0.4) is 0 Å². The van der Waals surface area contributed by atoms with Crippen LogP contribution in [0.4, 0.5) is 13.2 Å². The molecule has 2 aromatic carbocycles. The molecule has 1 N–H and O–H groups in total. The summed E-state index contributed by atoms with van der Waals surface area (Å²) in [5.74, 6) is 0.165. The Bertz CT molecular complexity index is 814. The number of fused-ring (bicyclic) bond motifs is 1. The molecule has 0 spiro atoms. The van der Waals surface area contributed by atoms with E-state index in [1.807, 2.05) is 13.8 Å². The molecule has 0 radical (unpaired) electrons. The second-order valence-corrected chi connectivity index (χ2v) is 7.42. The minimum absolute atomic E-state index is 0.145. The van der Waals surface area contributed by atoms with Crippen molar-refractivity contribution >= 4 is 20.8 Å². The minimum Gasteiger partial charge on any atom is -0.207 e. The van der Waals surface area contributed by atoms with Crippen LogP contribution in [-0.2, 0) is 10.0 Å². The summed E-state index contributed by atoms with van der Waals surface area (Å²) in [7, 11) is -4.28. The summed E-state index contributed by atoms with van der Waals surface area (Å²) in [5.41, 5.74) is 0.948. The van der Waals surface area contributed by atoms with Gasteiger partial charge in [-0.2, -0.15) is 17.9 Å². The first-order valence-corrected chi connectivity index (χ1v) is 8.63. The summed E-state index contributed by atoms with van der Waals surface area (Å²) in [6, 6.07) is 7.68. The molecule has 0 amide bonds. The van der Waals surface area contributed by atoms with Crippen LogP contribution in [0.1, 0.15) is 32.3 Å². The van der Waals surface area contributed by atoms with Crippen LogP contribution in [0.25, 0.3) is 10.8 Å². The van der Waals surface area contributed by atoms with Gasteiger partial charge in [0.1, 0.15) is 6.04 Å². The molecule has 0 aliphatic rings. The summed E-state index contributed by atoms with van der Waals surface area (Å²) >= 11 is 0. The lowest BCUT2D eigenvalue weighted by molar-refractivity contribution is -0.147. The maximum Gasteiger partial charge on any atom is 0.404 e. The molecule has 0 aliphatic heterocycles. The Morgan fingerprint density at radius 3 is 2.04 bits per heavy atom. The highest BCUT2D eigenvalue weighted by molar-refractivity contribution is 7.89. The van der Waals surface area contributed by atoms with E-state index in [1.54, 1.807) is 35.1 Å². The van der Waals surface area contributed by atoms with Crippen molar-refractivity contribution in [3.63, 3.8) is 0 Å². The number of alkyl halides is 3. The van der Waals surface area contributed by atoms with E-state index in [9.17, 15) is 21.6 Å². The third-order valence-electron chi connectivity index (χ3n) is 3.65. The predicted molar refractivity (Wildman–Crippen MR) is 83.9 cm³/mol. The molecule has 0 heterocycles. The lowest BCUT2D eigenvalue weighted by Gasteiger charge is -2.19. The Hall–Kier alpha value is -1.60. The van der Waals surface area contributed by atoms with Gasteiger partial charge in [-0.25, -0.2) is 8.42 Å². The first-order chi connectivity index (χ1) is 10.5. The smallest absolute Gasteiger partial charge is 0.207 e. The quantitative estimate of drug-likeness (QED) is 0.903. The monoisotopic (exact) mass is 345 g/mol. The second-order valence-electron chi connectivity index (χ2n) is 5.74. The standard InChI is InChI=1S/C16H18F3NO2S/c1-10(2)12-8-9-15(14-7-5-4-6-13(12)14)23(21,22)20-11(3)16(17,18)19/h4-11,20H,1-3H3/t11-/m0/s1. The molecule has 0 saturated carbocycles. The minimum atomic E-state index is -4.64. The molecule has 1 atom stereocenters. The van der Waals surface area contributed by atoms with Gasteiger partial charge >= 0.3 is 6.18 Å². The van der Waals surface area contributed by atoms with Crippen molar-refractivity contribution in [1.29, 1.82) is 0 Å². The number of hydrogen-bond donors (Lipinski definition) is 1. The van der Waals surface area contributed by atoms with Crippen LogP contribution in [0.2, 0.25) is 0 Å². The predicted octanol–water partition coefficient (Wildman–Crippen LogP) is 4.19. The van der Waals surface area contributed by atoms with Crippen molar-refractivity contribution in [3.8, 4) is 0 Å². The van der Waals surface area contributed by atoms with E-state index in [0.29, 0.717) is 5.39 Å². The van der Waals surface area contributed by atoms with E-state index >= 15 is 0 Å². The van der Waals surface area contributed by atoms with Gasteiger partial charge in [0.25, 0.3) is 0 Å². The number of rotatable bonds is 4. The molecule has 0 aromatic heterocycles. The van der Waals surface area contributed by atoms with Gasteiger partial charge in [-0.3, -0.25) is 0 Å². The number of nitrogens with one attached hydrogen (secondary N) is 1. The van der Waals surface area contributed by atoms with Gasteiger partial charge in [-0.05, 0) is 29.9 Å². The molecule has 0 unspecified atom stereocenters. The van der Waals surface area contributed by atoms with Gasteiger partial charge in [0, 0.05) is 5.39 Å². The molecule has 7 heteroatoms. The first kappa shape index (κ1) is 17.7. The van der Waals surface area contributed by atoms with Crippen molar-refractivity contribution < 1.29 is 21.6 Å². The molecule has 0 aliphatic carbocycles. The average molecular weight is 345 g/mol. The van der Waals surface area contributed by atoms with Crippen LogP contribution in [0.5, 0.6) is 0 Å². The summed E-state index contributed by atoms with van der Waals surface area (Å²) in [5, 5.41) is 1.14. The van der Waals surface area contributed by atoms with Gasteiger partial charge in [-0.15, -0.1) is 0 Å². The largest absolute Gasteiger partial charge is 0.404 e. The third-order valence-corrected chi connectivity index (χ3v) is 5.25. The lowest BCUT2D eigenvalue weighted by Crippen LogP contribution is -2.43. The summed E-state index contributed by atoms with van der Waals surface area (Å²) in [6.45, 7) is 4.72. The van der Waals surface area contributed by atoms with E-state index < -0.39 is 22.2 Å². The lowest BCUT2D eigenvalue weighted by atomic mass is 9.96. The topological polar surface area (TPSA) is 46.2 Å². The Labute approximate surface area is 133 Å². The fourth-order valence-electron chi connectivity index (χ4n) is 2.40. The Morgan fingerprint density at radius 2 is 1.52 bits per heavy atom. The molecule has 2 rings (SSSR count). The second kappa shape index (κ2) is 6.13. The van der Waals surface area contributed by atoms with Crippen LogP contribution in [0.15, 0.2) is 41.3 Å². The molecule has 126 valence electrons. The maximum atomic E-state index is 12.7. The molecule has 0 bridgehead atoms. The zero-order chi connectivity index (χ0) is 17.4. The van der Waals surface area contributed by atoms with Gasteiger partial charge < -0.3 is 0 Å². The van der Waals surface area contributed by atoms with Crippen LogP contribution < -0.4 is 4.72 Å². The SMILES string of the molecule is CC(C)c1ccc(S(=O)(=O)N[C@@H](C)C(F)(F)F)c2ccccc12. The Kier molecular flexibility index (Phi) is 4.73. The summed E-state index contributed by atoms with van der Waals surface area (Å²) < 4.78 is 64.4. The molecule has 2 aromatic rings. The maximum absolute atomic E-state index is 12.7. The summed E-state index contributed by atoms with van der Waals surface area (Å²) in [4.78, 5) is -0.145. The molecule has 0 saturated heterocycles. The van der Waals surface area contributed by atoms with Gasteiger partial charge in [-0.1, -0.05) is 44.2 Å². The number of hydrogen-bond acceptors (Lipinski definition) is 2. The zero-order valence-corrected chi connectivity index (χ0v) is 13.8. The highest BCUT2D eigenvalue weighted by atomic mass is 32.2. The fourth-order valence-corrected chi connectivity index (χ4v) is 3.84. The van der Waals surface area contributed by atoms with Crippen LogP contribution in [0, 0.1) is 0 Å². The molecule has 0 fully saturated rings. The van der Waals surface area contributed by atoms with E-state index in [-0.39, 0.29) is 10.8 Å². The Balaban J connectivity index is 2.58. The van der Waals surface area contributed by atoms with Gasteiger partial charge in [0.15, 0.2) is 0 Å². The van der Waals surface area contributed by atoms with E-state index in [4.69, 9.17) is 0 Å². The van der Waals surface area contributed by atoms with Crippen LogP contribution >= 0.6 is 0 Å². The number of halogens is 3. The number of benzene rings is 2. The Morgan fingerprint density at radius 1 is 0.957 bits per heavy atom. The molecular formula is C16H18F3NO2S. The summed E-state index contributed by atoms with van der Waals surface area (Å²) in [6.07, 6.45) is -4.64. The van der Waals surface area contributed by atoms with Gasteiger partial charge in [0.2, 0.25) is 10.0 Å². The van der Waals surface area contributed by atoms with Crippen molar-refractivity contribution in [2.75, 3.05) is 0 Å². The van der Waals surface area contributed by atoms with Crippen molar-refractivity contribution in [1.82, 2.24) is 4.72 Å². The van der Waals surface area contributed by atoms with E-state index in [1.165, 1.54) is 6.07 Å². The van der Waals surface area contributed by atoms with Crippen LogP contribution in [-0.4, -0.2) is 20.6 Å². The van der Waals surface area contributed by atoms with Crippen molar-refractivity contribution in [2.24, 2.45) is 0 Å². The van der Waals surface area contributed by atoms with Gasteiger partial charge in [0.05, 0.1) is 4.90 Å². The molecule has 23 heavy (non-hydrogen) atoms. The number of sulfonamides is 1. The average Bonchev–Trinajstić information content (AvgIpc) is 2.44. The van der Waals surface area contributed by atoms with E-state index in [2.05, 4.69) is 0 Å². The van der Waals surface area contributed by atoms with E-state index in [0.717, 1.165) is 17.9 Å². The first-order valence-electron chi connectivity index (χ1n) is 7.14.